The molecule has 1 aromatic rings. The fraction of sp³-hybridized carbons (Fsp3) is 0.529. The van der Waals surface area contributed by atoms with Gasteiger partial charge in [0.2, 0.25) is 0 Å². The average Bonchev–Trinajstić information content (AvgIpc) is 2.54. The molecule has 6 nitrogen and oxygen atoms in total. The van der Waals surface area contributed by atoms with Crippen molar-refractivity contribution in [2.45, 2.75) is 38.6 Å². The molecular formula is C17H23NO5. The summed E-state index contributed by atoms with van der Waals surface area (Å²) in [6.45, 7) is 2.03. The minimum Gasteiger partial charge on any atom is -0.493 e. The van der Waals surface area contributed by atoms with Crippen molar-refractivity contribution in [2.75, 3.05) is 13.7 Å². The summed E-state index contributed by atoms with van der Waals surface area (Å²) in [7, 11) is 1.43. The minimum absolute atomic E-state index is 0.106. The summed E-state index contributed by atoms with van der Waals surface area (Å²) in [5.41, 5.74) is 0.106. The highest BCUT2D eigenvalue weighted by Gasteiger charge is 2.23. The summed E-state index contributed by atoms with van der Waals surface area (Å²) >= 11 is 0. The van der Waals surface area contributed by atoms with Crippen molar-refractivity contribution in [3.05, 3.63) is 23.8 Å². The Morgan fingerprint density at radius 3 is 2.65 bits per heavy atom. The van der Waals surface area contributed by atoms with Gasteiger partial charge in [0.1, 0.15) is 0 Å². The second kappa shape index (κ2) is 7.85. The van der Waals surface area contributed by atoms with Gasteiger partial charge in [-0.25, -0.2) is 4.79 Å². The maximum absolute atomic E-state index is 12.0. The van der Waals surface area contributed by atoms with E-state index in [4.69, 9.17) is 14.6 Å². The summed E-state index contributed by atoms with van der Waals surface area (Å²) in [6.07, 6.45) is 4.50. The van der Waals surface area contributed by atoms with Gasteiger partial charge in [0.15, 0.2) is 18.1 Å². The number of hydrogen-bond donors (Lipinski definition) is 2. The molecule has 0 spiro atoms. The molecule has 1 aliphatic carbocycles. The molecule has 0 aliphatic heterocycles. The van der Waals surface area contributed by atoms with Crippen molar-refractivity contribution in [3.8, 4) is 11.5 Å². The van der Waals surface area contributed by atoms with Crippen LogP contribution in [0, 0.1) is 5.92 Å². The van der Waals surface area contributed by atoms with Crippen LogP contribution in [0.15, 0.2) is 18.2 Å². The number of carbonyl (C=O) groups is 2. The first-order chi connectivity index (χ1) is 11.0. The van der Waals surface area contributed by atoms with E-state index in [9.17, 15) is 9.59 Å². The maximum atomic E-state index is 12.0. The number of carbonyl (C=O) groups excluding carboxylic acids is 1. The summed E-state index contributed by atoms with van der Waals surface area (Å²) in [4.78, 5) is 23.0. The number of benzene rings is 1. The van der Waals surface area contributed by atoms with Crippen molar-refractivity contribution in [2.24, 2.45) is 5.92 Å². The molecular weight excluding hydrogens is 298 g/mol. The lowest BCUT2D eigenvalue weighted by Crippen LogP contribution is -2.43. The van der Waals surface area contributed by atoms with Crippen LogP contribution in [0.1, 0.15) is 43.0 Å². The molecule has 0 saturated heterocycles. The standard InChI is InChI=1S/C17H23NO5/c1-11-5-3-4-6-13(11)18-16(19)10-23-14-8-7-12(17(20)21)9-15(14)22-2/h7-9,11,13H,3-6,10H2,1-2H3,(H,18,19)(H,20,21). The van der Waals surface area contributed by atoms with E-state index in [0.717, 1.165) is 19.3 Å². The molecule has 1 fully saturated rings. The molecule has 2 unspecified atom stereocenters. The fourth-order valence-electron chi connectivity index (χ4n) is 2.84. The Kier molecular flexibility index (Phi) is 5.84. The lowest BCUT2D eigenvalue weighted by atomic mass is 9.86. The van der Waals surface area contributed by atoms with Gasteiger partial charge in [-0.2, -0.15) is 0 Å². The Morgan fingerprint density at radius 1 is 1.26 bits per heavy atom. The first-order valence-corrected chi connectivity index (χ1v) is 7.84. The Bertz CT molecular complexity index is 572. The van der Waals surface area contributed by atoms with Gasteiger partial charge in [0.25, 0.3) is 5.91 Å². The number of ether oxygens (including phenoxy) is 2. The van der Waals surface area contributed by atoms with Crippen LogP contribution in [0.2, 0.25) is 0 Å². The van der Waals surface area contributed by atoms with Gasteiger partial charge in [-0.3, -0.25) is 4.79 Å². The molecule has 1 aromatic carbocycles. The quantitative estimate of drug-likeness (QED) is 0.841. The van der Waals surface area contributed by atoms with Crippen molar-refractivity contribution in [3.63, 3.8) is 0 Å². The molecule has 1 saturated carbocycles. The van der Waals surface area contributed by atoms with Crippen LogP contribution >= 0.6 is 0 Å². The summed E-state index contributed by atoms with van der Waals surface area (Å²) in [5.74, 6) is -0.0860. The van der Waals surface area contributed by atoms with Gasteiger partial charge < -0.3 is 19.9 Å². The van der Waals surface area contributed by atoms with E-state index in [1.165, 1.54) is 31.7 Å². The van der Waals surface area contributed by atoms with Crippen molar-refractivity contribution < 1.29 is 24.2 Å². The van der Waals surface area contributed by atoms with Crippen LogP contribution in [-0.4, -0.2) is 36.7 Å². The Morgan fingerprint density at radius 2 is 2.00 bits per heavy atom. The predicted octanol–water partition coefficient (Wildman–Crippen LogP) is 2.47. The summed E-state index contributed by atoms with van der Waals surface area (Å²) < 4.78 is 10.6. The largest absolute Gasteiger partial charge is 0.493 e. The third kappa shape index (κ3) is 4.61. The normalized spacial score (nSPS) is 20.6. The molecule has 6 heteroatoms. The molecule has 126 valence electrons. The molecule has 23 heavy (non-hydrogen) atoms. The van der Waals surface area contributed by atoms with E-state index in [2.05, 4.69) is 12.2 Å². The first-order valence-electron chi connectivity index (χ1n) is 7.84. The molecule has 0 aromatic heterocycles. The number of aromatic carboxylic acids is 1. The molecule has 0 bridgehead atoms. The summed E-state index contributed by atoms with van der Waals surface area (Å²) in [6, 6.07) is 4.50. The van der Waals surface area contributed by atoms with Crippen molar-refractivity contribution in [1.29, 1.82) is 0 Å². The molecule has 0 radical (unpaired) electrons. The Labute approximate surface area is 135 Å². The van der Waals surface area contributed by atoms with E-state index in [0.29, 0.717) is 17.4 Å². The van der Waals surface area contributed by atoms with Crippen LogP contribution in [0.5, 0.6) is 11.5 Å². The van der Waals surface area contributed by atoms with Crippen LogP contribution in [-0.2, 0) is 4.79 Å². The van der Waals surface area contributed by atoms with Gasteiger partial charge in [0.05, 0.1) is 12.7 Å². The zero-order valence-corrected chi connectivity index (χ0v) is 13.5. The number of hydrogen-bond acceptors (Lipinski definition) is 4. The van der Waals surface area contributed by atoms with Gasteiger partial charge in [-0.1, -0.05) is 19.8 Å². The van der Waals surface area contributed by atoms with E-state index in [1.54, 1.807) is 0 Å². The topological polar surface area (TPSA) is 84.9 Å². The van der Waals surface area contributed by atoms with E-state index in [1.807, 2.05) is 0 Å². The molecule has 1 aliphatic rings. The highest BCUT2D eigenvalue weighted by atomic mass is 16.5. The number of rotatable bonds is 6. The van der Waals surface area contributed by atoms with Gasteiger partial charge in [-0.15, -0.1) is 0 Å². The lowest BCUT2D eigenvalue weighted by Gasteiger charge is -2.29. The SMILES string of the molecule is COc1cc(C(=O)O)ccc1OCC(=O)NC1CCCCC1C. The zero-order valence-electron chi connectivity index (χ0n) is 13.5. The first kappa shape index (κ1) is 17.1. The lowest BCUT2D eigenvalue weighted by molar-refractivity contribution is -0.124. The highest BCUT2D eigenvalue weighted by Crippen LogP contribution is 2.28. The number of carboxylic acid groups (broad SMARTS) is 1. The number of nitrogens with one attached hydrogen (secondary N) is 1. The highest BCUT2D eigenvalue weighted by molar-refractivity contribution is 5.88. The number of amides is 1. The van der Waals surface area contributed by atoms with Crippen LogP contribution in [0.25, 0.3) is 0 Å². The Hall–Kier alpha value is -2.24. The molecule has 2 atom stereocenters. The Balaban J connectivity index is 1.92. The third-order valence-electron chi connectivity index (χ3n) is 4.23. The molecule has 2 rings (SSSR count). The fourth-order valence-corrected chi connectivity index (χ4v) is 2.84. The molecule has 0 heterocycles. The predicted molar refractivity (Wildman–Crippen MR) is 85.0 cm³/mol. The monoisotopic (exact) mass is 321 g/mol. The van der Waals surface area contributed by atoms with Gasteiger partial charge in [-0.05, 0) is 37.0 Å². The van der Waals surface area contributed by atoms with Crippen LogP contribution in [0.4, 0.5) is 0 Å². The van der Waals surface area contributed by atoms with Crippen molar-refractivity contribution in [1.82, 2.24) is 5.32 Å². The minimum atomic E-state index is -1.04. The number of carboxylic acids is 1. The smallest absolute Gasteiger partial charge is 0.335 e. The third-order valence-corrected chi connectivity index (χ3v) is 4.23. The van der Waals surface area contributed by atoms with E-state index < -0.39 is 5.97 Å². The zero-order chi connectivity index (χ0) is 16.8. The average molecular weight is 321 g/mol. The van der Waals surface area contributed by atoms with Crippen molar-refractivity contribution >= 4 is 11.9 Å². The maximum Gasteiger partial charge on any atom is 0.335 e. The van der Waals surface area contributed by atoms with Crippen LogP contribution < -0.4 is 14.8 Å². The van der Waals surface area contributed by atoms with Gasteiger partial charge >= 0.3 is 5.97 Å². The second-order valence-electron chi connectivity index (χ2n) is 5.90. The van der Waals surface area contributed by atoms with Crippen LogP contribution in [0.3, 0.4) is 0 Å². The van der Waals surface area contributed by atoms with Gasteiger partial charge in [0, 0.05) is 6.04 Å². The molecule has 2 N–H and O–H groups in total. The van der Waals surface area contributed by atoms with E-state index >= 15 is 0 Å². The second-order valence-corrected chi connectivity index (χ2v) is 5.90. The molecule has 1 amide bonds. The van der Waals surface area contributed by atoms with E-state index in [-0.39, 0.29) is 24.1 Å². The summed E-state index contributed by atoms with van der Waals surface area (Å²) in [5, 5.41) is 12.0. The number of methoxy groups -OCH3 is 1.